The predicted octanol–water partition coefficient (Wildman–Crippen LogP) is 3.09. The summed E-state index contributed by atoms with van der Waals surface area (Å²) in [5.41, 5.74) is 9.57. The Labute approximate surface area is 145 Å². The van der Waals surface area contributed by atoms with E-state index in [1.54, 1.807) is 13.3 Å². The Morgan fingerprint density at radius 2 is 2.04 bits per heavy atom. The molecule has 0 saturated heterocycles. The van der Waals surface area contributed by atoms with Crippen molar-refractivity contribution in [3.05, 3.63) is 58.6 Å². The van der Waals surface area contributed by atoms with Crippen LogP contribution in [-0.2, 0) is 6.61 Å². The van der Waals surface area contributed by atoms with Crippen LogP contribution in [-0.4, -0.2) is 18.4 Å². The van der Waals surface area contributed by atoms with Crippen LogP contribution < -0.4 is 20.6 Å². The van der Waals surface area contributed by atoms with Gasteiger partial charge in [-0.25, -0.2) is 0 Å². The van der Waals surface area contributed by atoms with E-state index in [-0.39, 0.29) is 5.11 Å². The molecule has 0 fully saturated rings. The summed E-state index contributed by atoms with van der Waals surface area (Å²) >= 11 is 10.6. The molecule has 23 heavy (non-hydrogen) atoms. The molecule has 7 heteroatoms. The SMILES string of the molecule is COc1cccc(C=NNC(N)=S)c1OCc1ccc(Cl)cc1. The highest BCUT2D eigenvalue weighted by atomic mass is 35.5. The molecule has 2 rings (SSSR count). The first-order valence-electron chi connectivity index (χ1n) is 6.73. The van der Waals surface area contributed by atoms with Crippen molar-refractivity contribution in [2.45, 2.75) is 6.61 Å². The summed E-state index contributed by atoms with van der Waals surface area (Å²) in [6.45, 7) is 0.376. The summed E-state index contributed by atoms with van der Waals surface area (Å²) in [6, 6.07) is 12.9. The molecule has 0 amide bonds. The first-order valence-corrected chi connectivity index (χ1v) is 7.51. The molecule has 0 aliphatic carbocycles. The Bertz CT molecular complexity index is 705. The van der Waals surface area contributed by atoms with Crippen molar-refractivity contribution in [1.29, 1.82) is 0 Å². The third-order valence-electron chi connectivity index (χ3n) is 2.90. The molecule has 3 N–H and O–H groups in total. The van der Waals surface area contributed by atoms with Crippen molar-refractivity contribution in [3.63, 3.8) is 0 Å². The number of nitrogens with one attached hydrogen (secondary N) is 1. The van der Waals surface area contributed by atoms with Gasteiger partial charge in [0.1, 0.15) is 6.61 Å². The van der Waals surface area contributed by atoms with Crippen LogP contribution in [0, 0.1) is 0 Å². The number of hydrogen-bond donors (Lipinski definition) is 2. The number of nitrogens with two attached hydrogens (primary N) is 1. The molecule has 0 radical (unpaired) electrons. The number of rotatable bonds is 6. The van der Waals surface area contributed by atoms with Gasteiger partial charge in [0.25, 0.3) is 0 Å². The topological polar surface area (TPSA) is 68.9 Å². The van der Waals surface area contributed by atoms with E-state index in [1.165, 1.54) is 0 Å². The number of para-hydroxylation sites is 1. The molecular weight excluding hydrogens is 334 g/mol. The van der Waals surface area contributed by atoms with Gasteiger partial charge in [-0.3, -0.25) is 5.43 Å². The highest BCUT2D eigenvalue weighted by Crippen LogP contribution is 2.30. The Hall–Kier alpha value is -2.31. The first kappa shape index (κ1) is 17.1. The summed E-state index contributed by atoms with van der Waals surface area (Å²) in [4.78, 5) is 0. The van der Waals surface area contributed by atoms with E-state index in [1.807, 2.05) is 42.5 Å². The molecular formula is C16H16ClN3O2S. The molecule has 0 saturated carbocycles. The number of methoxy groups -OCH3 is 1. The molecule has 0 atom stereocenters. The lowest BCUT2D eigenvalue weighted by molar-refractivity contribution is 0.284. The van der Waals surface area contributed by atoms with Gasteiger partial charge in [-0.15, -0.1) is 0 Å². The van der Waals surface area contributed by atoms with Gasteiger partial charge in [0, 0.05) is 10.6 Å². The largest absolute Gasteiger partial charge is 0.493 e. The Balaban J connectivity index is 2.19. The molecule has 120 valence electrons. The van der Waals surface area contributed by atoms with E-state index < -0.39 is 0 Å². The average molecular weight is 350 g/mol. The maximum absolute atomic E-state index is 5.89. The molecule has 0 aliphatic heterocycles. The molecule has 0 aliphatic rings. The van der Waals surface area contributed by atoms with Crippen molar-refractivity contribution < 1.29 is 9.47 Å². The third kappa shape index (κ3) is 5.12. The number of nitrogens with zero attached hydrogens (tertiary/aromatic N) is 1. The second-order valence-electron chi connectivity index (χ2n) is 4.53. The zero-order chi connectivity index (χ0) is 16.7. The Kier molecular flexibility index (Phi) is 6.19. The smallest absolute Gasteiger partial charge is 0.184 e. The average Bonchev–Trinajstić information content (AvgIpc) is 2.54. The highest BCUT2D eigenvalue weighted by Gasteiger charge is 2.09. The van der Waals surface area contributed by atoms with Gasteiger partial charge in [-0.05, 0) is 42.0 Å². The minimum absolute atomic E-state index is 0.0905. The van der Waals surface area contributed by atoms with Gasteiger partial charge >= 0.3 is 0 Å². The minimum Gasteiger partial charge on any atom is -0.493 e. The minimum atomic E-state index is 0.0905. The monoisotopic (exact) mass is 349 g/mol. The van der Waals surface area contributed by atoms with Gasteiger partial charge in [0.15, 0.2) is 16.6 Å². The van der Waals surface area contributed by atoms with Crippen molar-refractivity contribution in [3.8, 4) is 11.5 Å². The zero-order valence-electron chi connectivity index (χ0n) is 12.5. The maximum Gasteiger partial charge on any atom is 0.184 e. The summed E-state index contributed by atoms with van der Waals surface area (Å²) in [7, 11) is 1.58. The summed E-state index contributed by atoms with van der Waals surface area (Å²) in [6.07, 6.45) is 1.57. The van der Waals surface area contributed by atoms with Crippen LogP contribution in [0.2, 0.25) is 5.02 Å². The number of thiocarbonyl (C=S) groups is 1. The quantitative estimate of drug-likeness (QED) is 0.476. The number of hydrazone groups is 1. The van der Waals surface area contributed by atoms with Gasteiger partial charge in [0.05, 0.1) is 13.3 Å². The van der Waals surface area contributed by atoms with Crippen LogP contribution >= 0.6 is 23.8 Å². The molecule has 0 aromatic heterocycles. The predicted molar refractivity (Wildman–Crippen MR) is 96.3 cm³/mol. The lowest BCUT2D eigenvalue weighted by atomic mass is 10.2. The van der Waals surface area contributed by atoms with Crippen LogP contribution in [0.1, 0.15) is 11.1 Å². The standard InChI is InChI=1S/C16H16ClN3O2S/c1-21-14-4-2-3-12(9-19-20-16(18)23)15(14)22-10-11-5-7-13(17)8-6-11/h2-9H,10H2,1H3,(H3,18,20,23). The number of ether oxygens (including phenoxy) is 2. The fourth-order valence-corrected chi connectivity index (χ4v) is 2.03. The fraction of sp³-hybridized carbons (Fsp3) is 0.125. The van der Waals surface area contributed by atoms with E-state index in [4.69, 9.17) is 39.0 Å². The molecule has 2 aromatic rings. The third-order valence-corrected chi connectivity index (χ3v) is 3.25. The molecule has 0 heterocycles. The highest BCUT2D eigenvalue weighted by molar-refractivity contribution is 7.80. The van der Waals surface area contributed by atoms with Gasteiger partial charge < -0.3 is 15.2 Å². The van der Waals surface area contributed by atoms with Crippen LogP contribution in [0.25, 0.3) is 0 Å². The van der Waals surface area contributed by atoms with Crippen molar-refractivity contribution in [1.82, 2.24) is 5.43 Å². The van der Waals surface area contributed by atoms with E-state index in [0.717, 1.165) is 11.1 Å². The molecule has 0 unspecified atom stereocenters. The second kappa shape index (κ2) is 8.36. The fourth-order valence-electron chi connectivity index (χ4n) is 1.85. The number of hydrogen-bond acceptors (Lipinski definition) is 4. The zero-order valence-corrected chi connectivity index (χ0v) is 14.0. The Morgan fingerprint density at radius 1 is 1.30 bits per heavy atom. The molecule has 5 nitrogen and oxygen atoms in total. The molecule has 0 bridgehead atoms. The van der Waals surface area contributed by atoms with Crippen LogP contribution in [0.15, 0.2) is 47.6 Å². The number of benzene rings is 2. The second-order valence-corrected chi connectivity index (χ2v) is 5.40. The lowest BCUT2D eigenvalue weighted by Crippen LogP contribution is -2.24. The normalized spacial score (nSPS) is 10.5. The summed E-state index contributed by atoms with van der Waals surface area (Å²) in [5, 5.41) is 4.72. The Morgan fingerprint density at radius 3 is 2.70 bits per heavy atom. The van der Waals surface area contributed by atoms with Crippen LogP contribution in [0.4, 0.5) is 0 Å². The van der Waals surface area contributed by atoms with E-state index in [9.17, 15) is 0 Å². The van der Waals surface area contributed by atoms with Gasteiger partial charge in [-0.1, -0.05) is 29.8 Å². The van der Waals surface area contributed by atoms with Gasteiger partial charge in [0.2, 0.25) is 0 Å². The number of halogens is 1. The van der Waals surface area contributed by atoms with Crippen molar-refractivity contribution >= 4 is 35.1 Å². The first-order chi connectivity index (χ1) is 11.1. The lowest BCUT2D eigenvalue weighted by Gasteiger charge is -2.13. The van der Waals surface area contributed by atoms with Crippen molar-refractivity contribution in [2.24, 2.45) is 10.8 Å². The van der Waals surface area contributed by atoms with E-state index in [0.29, 0.717) is 23.1 Å². The maximum atomic E-state index is 5.89. The van der Waals surface area contributed by atoms with Crippen molar-refractivity contribution in [2.75, 3.05) is 7.11 Å². The van der Waals surface area contributed by atoms with Crippen LogP contribution in [0.5, 0.6) is 11.5 Å². The molecule has 0 spiro atoms. The molecule has 2 aromatic carbocycles. The van der Waals surface area contributed by atoms with Gasteiger partial charge in [-0.2, -0.15) is 5.10 Å². The summed E-state index contributed by atoms with van der Waals surface area (Å²) in [5.74, 6) is 1.19. The van der Waals surface area contributed by atoms with Crippen LogP contribution in [0.3, 0.4) is 0 Å². The van der Waals surface area contributed by atoms with E-state index in [2.05, 4.69) is 10.5 Å². The summed E-state index contributed by atoms with van der Waals surface area (Å²) < 4.78 is 11.2. The van der Waals surface area contributed by atoms with E-state index >= 15 is 0 Å².